The number of nitrogens with two attached hydrogens (primary N) is 1. The first-order chi connectivity index (χ1) is 7.68. The van der Waals surface area contributed by atoms with Crippen molar-refractivity contribution in [1.82, 2.24) is 9.97 Å². The van der Waals surface area contributed by atoms with Gasteiger partial charge in [-0.2, -0.15) is 0 Å². The Hall–Kier alpha value is -1.36. The third-order valence-corrected chi connectivity index (χ3v) is 3.10. The number of hydrogen-bond acceptors (Lipinski definition) is 4. The summed E-state index contributed by atoms with van der Waals surface area (Å²) in [6.07, 6.45) is 4.67. The molecule has 0 aromatic carbocycles. The zero-order valence-electron chi connectivity index (χ0n) is 8.77. The molecule has 0 saturated carbocycles. The fraction of sp³-hybridized carbons (Fsp3) is 0.500. The average Bonchev–Trinajstić information content (AvgIpc) is 2.30. The zero-order valence-corrected chi connectivity index (χ0v) is 9.52. The molecule has 0 unspecified atom stereocenters. The van der Waals surface area contributed by atoms with Crippen LogP contribution >= 0.6 is 11.6 Å². The van der Waals surface area contributed by atoms with Crippen molar-refractivity contribution in [2.24, 2.45) is 11.7 Å². The highest BCUT2D eigenvalue weighted by Gasteiger charge is 2.24. The van der Waals surface area contributed by atoms with Gasteiger partial charge in [0.1, 0.15) is 0 Å². The van der Waals surface area contributed by atoms with Crippen molar-refractivity contribution in [2.75, 3.05) is 18.0 Å². The minimum absolute atomic E-state index is 0.0216. The smallest absolute Gasteiger partial charge is 0.220 e. The number of rotatable bonds is 2. The number of carbonyl (C=O) groups is 1. The van der Waals surface area contributed by atoms with Gasteiger partial charge in [-0.05, 0) is 12.8 Å². The monoisotopic (exact) mass is 240 g/mol. The third-order valence-electron chi connectivity index (χ3n) is 2.83. The van der Waals surface area contributed by atoms with Crippen molar-refractivity contribution in [2.45, 2.75) is 12.8 Å². The largest absolute Gasteiger partial charge is 0.369 e. The first-order valence-electron chi connectivity index (χ1n) is 5.19. The minimum Gasteiger partial charge on any atom is -0.369 e. The lowest BCUT2D eigenvalue weighted by Gasteiger charge is -2.31. The first kappa shape index (κ1) is 11.1. The summed E-state index contributed by atoms with van der Waals surface area (Å²) in [4.78, 5) is 21.2. The molecule has 0 aliphatic carbocycles. The summed E-state index contributed by atoms with van der Waals surface area (Å²) in [7, 11) is 0. The molecule has 1 aromatic rings. The molecule has 6 heteroatoms. The van der Waals surface area contributed by atoms with Crippen LogP contribution in [0, 0.1) is 5.92 Å². The van der Waals surface area contributed by atoms with Crippen LogP contribution in [-0.2, 0) is 4.79 Å². The number of carbonyl (C=O) groups excluding carboxylic acids is 1. The van der Waals surface area contributed by atoms with Gasteiger partial charge in [0.2, 0.25) is 5.91 Å². The number of amides is 1. The van der Waals surface area contributed by atoms with Gasteiger partial charge in [0.05, 0.1) is 0 Å². The Kier molecular flexibility index (Phi) is 3.24. The van der Waals surface area contributed by atoms with Crippen LogP contribution in [0.2, 0.25) is 5.15 Å². The lowest BCUT2D eigenvalue weighted by Crippen LogP contribution is -2.39. The van der Waals surface area contributed by atoms with Crippen LogP contribution in [0.1, 0.15) is 12.8 Å². The van der Waals surface area contributed by atoms with E-state index in [1.165, 1.54) is 0 Å². The predicted molar refractivity (Wildman–Crippen MR) is 61.2 cm³/mol. The topological polar surface area (TPSA) is 72.1 Å². The van der Waals surface area contributed by atoms with Gasteiger partial charge in [-0.25, -0.2) is 9.97 Å². The van der Waals surface area contributed by atoms with Gasteiger partial charge in [-0.3, -0.25) is 4.79 Å². The highest BCUT2D eigenvalue weighted by molar-refractivity contribution is 6.31. The summed E-state index contributed by atoms with van der Waals surface area (Å²) in [5, 5.41) is 0.403. The molecule has 1 aliphatic heterocycles. The first-order valence-corrected chi connectivity index (χ1v) is 5.57. The molecule has 5 nitrogen and oxygen atoms in total. The van der Waals surface area contributed by atoms with Gasteiger partial charge in [0.25, 0.3) is 0 Å². The molecule has 1 saturated heterocycles. The number of hydrogen-bond donors (Lipinski definition) is 1. The number of nitrogens with zero attached hydrogens (tertiary/aromatic N) is 3. The molecule has 86 valence electrons. The van der Waals surface area contributed by atoms with Crippen LogP contribution in [0.5, 0.6) is 0 Å². The van der Waals surface area contributed by atoms with E-state index in [2.05, 4.69) is 9.97 Å². The third kappa shape index (κ3) is 2.24. The molecule has 1 aromatic heterocycles. The van der Waals surface area contributed by atoms with Gasteiger partial charge in [0, 0.05) is 31.4 Å². The molecule has 0 bridgehead atoms. The fourth-order valence-corrected chi connectivity index (χ4v) is 2.13. The summed E-state index contributed by atoms with van der Waals surface area (Å²) in [5.74, 6) is 0.448. The summed E-state index contributed by atoms with van der Waals surface area (Å²) in [6, 6.07) is 0. The van der Waals surface area contributed by atoms with Gasteiger partial charge in [-0.15, -0.1) is 0 Å². The van der Waals surface area contributed by atoms with E-state index >= 15 is 0 Å². The molecular weight excluding hydrogens is 228 g/mol. The van der Waals surface area contributed by atoms with Crippen LogP contribution in [0.25, 0.3) is 0 Å². The fourth-order valence-electron chi connectivity index (χ4n) is 1.90. The average molecular weight is 241 g/mol. The number of anilines is 1. The Balaban J connectivity index is 2.05. The number of aromatic nitrogens is 2. The van der Waals surface area contributed by atoms with Gasteiger partial charge in [-0.1, -0.05) is 11.6 Å². The van der Waals surface area contributed by atoms with Crippen LogP contribution in [0.4, 0.5) is 5.82 Å². The van der Waals surface area contributed by atoms with E-state index in [9.17, 15) is 4.79 Å². The molecule has 1 aliphatic rings. The van der Waals surface area contributed by atoms with Crippen LogP contribution in [0.3, 0.4) is 0 Å². The normalized spacial score (nSPS) is 17.4. The molecule has 1 fully saturated rings. The van der Waals surface area contributed by atoms with Gasteiger partial charge < -0.3 is 10.6 Å². The Morgan fingerprint density at radius 1 is 1.38 bits per heavy atom. The van der Waals surface area contributed by atoms with Gasteiger partial charge >= 0.3 is 0 Å². The van der Waals surface area contributed by atoms with Crippen molar-refractivity contribution in [3.63, 3.8) is 0 Å². The van der Waals surface area contributed by atoms with Crippen molar-refractivity contribution in [3.05, 3.63) is 17.5 Å². The minimum atomic E-state index is -0.218. The molecular formula is C10H13ClN4O. The van der Waals surface area contributed by atoms with Crippen LogP contribution in [-0.4, -0.2) is 29.0 Å². The second-order valence-corrected chi connectivity index (χ2v) is 4.19. The van der Waals surface area contributed by atoms with Crippen molar-refractivity contribution < 1.29 is 4.79 Å². The zero-order chi connectivity index (χ0) is 11.5. The maximum atomic E-state index is 11.0. The van der Waals surface area contributed by atoms with Crippen molar-refractivity contribution in [3.8, 4) is 0 Å². The van der Waals surface area contributed by atoms with E-state index in [0.717, 1.165) is 25.9 Å². The maximum absolute atomic E-state index is 11.0. The lowest BCUT2D eigenvalue weighted by atomic mass is 9.96. The summed E-state index contributed by atoms with van der Waals surface area (Å²) in [6.45, 7) is 1.48. The maximum Gasteiger partial charge on any atom is 0.220 e. The summed E-state index contributed by atoms with van der Waals surface area (Å²) in [5.41, 5.74) is 5.27. The van der Waals surface area contributed by atoms with E-state index in [0.29, 0.717) is 11.0 Å². The highest BCUT2D eigenvalue weighted by Crippen LogP contribution is 2.25. The van der Waals surface area contributed by atoms with Crippen molar-refractivity contribution >= 4 is 23.3 Å². The summed E-state index contributed by atoms with van der Waals surface area (Å²) < 4.78 is 0. The van der Waals surface area contributed by atoms with E-state index < -0.39 is 0 Å². The van der Waals surface area contributed by atoms with Crippen LogP contribution in [0.15, 0.2) is 12.4 Å². The molecule has 2 heterocycles. The quantitative estimate of drug-likeness (QED) is 0.831. The van der Waals surface area contributed by atoms with E-state index in [-0.39, 0.29) is 11.8 Å². The van der Waals surface area contributed by atoms with Gasteiger partial charge in [0.15, 0.2) is 11.0 Å². The molecule has 0 spiro atoms. The Morgan fingerprint density at radius 2 is 2.00 bits per heavy atom. The Bertz CT molecular complexity index is 390. The molecule has 1 amide bonds. The SMILES string of the molecule is NC(=O)C1CCN(c2nccnc2Cl)CC1. The Labute approximate surface area is 98.6 Å². The van der Waals surface area contributed by atoms with Crippen molar-refractivity contribution in [1.29, 1.82) is 0 Å². The predicted octanol–water partition coefficient (Wildman–Crippen LogP) is 0.832. The highest BCUT2D eigenvalue weighted by atomic mass is 35.5. The van der Waals surface area contributed by atoms with Crippen LogP contribution < -0.4 is 10.6 Å². The lowest BCUT2D eigenvalue weighted by molar-refractivity contribution is -0.122. The number of primary amides is 1. The molecule has 2 N–H and O–H groups in total. The molecule has 0 radical (unpaired) electrons. The second-order valence-electron chi connectivity index (χ2n) is 3.83. The molecule has 2 rings (SSSR count). The number of piperidine rings is 1. The molecule has 16 heavy (non-hydrogen) atoms. The molecule has 0 atom stereocenters. The summed E-state index contributed by atoms with van der Waals surface area (Å²) >= 11 is 5.95. The number of halogens is 1. The second kappa shape index (κ2) is 4.65. The van der Waals surface area contributed by atoms with E-state index in [1.807, 2.05) is 4.90 Å². The van der Waals surface area contributed by atoms with E-state index in [1.54, 1.807) is 12.4 Å². The Morgan fingerprint density at radius 3 is 2.56 bits per heavy atom. The standard InChI is InChI=1S/C10H13ClN4O/c11-8-10(14-4-3-13-8)15-5-1-7(2-6-15)9(12)16/h3-4,7H,1-2,5-6H2,(H2,12,16). The van der Waals surface area contributed by atoms with E-state index in [4.69, 9.17) is 17.3 Å².